The van der Waals surface area contributed by atoms with Gasteiger partial charge in [0.2, 0.25) is 6.79 Å². The Morgan fingerprint density at radius 2 is 1.96 bits per heavy atom. The molecule has 0 spiro atoms. The first kappa shape index (κ1) is 14.4. The predicted octanol–water partition coefficient (Wildman–Crippen LogP) is 4.28. The summed E-state index contributed by atoms with van der Waals surface area (Å²) in [5.41, 5.74) is 4.79. The summed E-state index contributed by atoms with van der Waals surface area (Å²) in [5.74, 6) is 1.40. The number of benzene rings is 2. The number of rotatable bonds is 2. The average molecular weight is 316 g/mol. The zero-order valence-corrected chi connectivity index (χ0v) is 13.5. The summed E-state index contributed by atoms with van der Waals surface area (Å²) in [7, 11) is 2.04. The van der Waals surface area contributed by atoms with Crippen LogP contribution in [0.5, 0.6) is 11.5 Å². The van der Waals surface area contributed by atoms with Gasteiger partial charge >= 0.3 is 0 Å². The second-order valence-electron chi connectivity index (χ2n) is 5.81. The van der Waals surface area contributed by atoms with Crippen LogP contribution >= 0.6 is 0 Å². The van der Waals surface area contributed by atoms with Crippen molar-refractivity contribution in [3.05, 3.63) is 59.3 Å². The van der Waals surface area contributed by atoms with Crippen LogP contribution in [-0.2, 0) is 7.05 Å². The van der Waals surface area contributed by atoms with Crippen LogP contribution in [0.1, 0.15) is 16.8 Å². The molecule has 0 saturated heterocycles. The van der Waals surface area contributed by atoms with Crippen LogP contribution in [0.25, 0.3) is 22.6 Å². The second kappa shape index (κ2) is 5.47. The van der Waals surface area contributed by atoms with E-state index in [1.54, 1.807) is 0 Å². The highest BCUT2D eigenvalue weighted by Gasteiger charge is 2.16. The number of aryl methyl sites for hydroxylation is 1. The number of fused-ring (bicyclic) bond motifs is 2. The molecule has 0 bridgehead atoms. The van der Waals surface area contributed by atoms with Gasteiger partial charge in [-0.25, -0.2) is 0 Å². The number of aromatic nitrogens is 1. The zero-order chi connectivity index (χ0) is 16.7. The van der Waals surface area contributed by atoms with Gasteiger partial charge in [-0.15, -0.1) is 0 Å². The fourth-order valence-electron chi connectivity index (χ4n) is 3.12. The number of nitriles is 1. The van der Waals surface area contributed by atoms with Crippen LogP contribution in [0.4, 0.5) is 0 Å². The smallest absolute Gasteiger partial charge is 0.231 e. The van der Waals surface area contributed by atoms with Crippen molar-refractivity contribution >= 4 is 22.6 Å². The molecule has 1 aliphatic rings. The molecule has 0 saturated carbocycles. The monoisotopic (exact) mass is 316 g/mol. The van der Waals surface area contributed by atoms with E-state index in [2.05, 4.69) is 29.7 Å². The third-order valence-corrected chi connectivity index (χ3v) is 4.54. The van der Waals surface area contributed by atoms with E-state index in [-0.39, 0.29) is 6.79 Å². The maximum absolute atomic E-state index is 9.66. The fourth-order valence-corrected chi connectivity index (χ4v) is 3.12. The summed E-state index contributed by atoms with van der Waals surface area (Å²) < 4.78 is 12.9. The summed E-state index contributed by atoms with van der Waals surface area (Å²) in [5, 5.41) is 10.8. The maximum atomic E-state index is 9.66. The summed E-state index contributed by atoms with van der Waals surface area (Å²) in [6.07, 6.45) is 1.95. The Labute approximate surface area is 140 Å². The Hall–Kier alpha value is -3.19. The predicted molar refractivity (Wildman–Crippen MR) is 93.7 cm³/mol. The first-order valence-corrected chi connectivity index (χ1v) is 7.75. The van der Waals surface area contributed by atoms with Crippen molar-refractivity contribution in [3.63, 3.8) is 0 Å². The first-order chi connectivity index (χ1) is 11.7. The van der Waals surface area contributed by atoms with E-state index >= 15 is 0 Å². The topological polar surface area (TPSA) is 47.2 Å². The summed E-state index contributed by atoms with van der Waals surface area (Å²) in [6.45, 7) is 2.30. The van der Waals surface area contributed by atoms with Crippen molar-refractivity contribution in [3.8, 4) is 17.6 Å². The molecule has 0 N–H and O–H groups in total. The van der Waals surface area contributed by atoms with Gasteiger partial charge in [0.1, 0.15) is 0 Å². The molecule has 3 aromatic rings. The van der Waals surface area contributed by atoms with Crippen molar-refractivity contribution in [2.24, 2.45) is 7.05 Å². The summed E-state index contributed by atoms with van der Waals surface area (Å²) in [4.78, 5) is 0. The third-order valence-electron chi connectivity index (χ3n) is 4.54. The van der Waals surface area contributed by atoms with Crippen molar-refractivity contribution < 1.29 is 9.47 Å². The number of nitrogens with zero attached hydrogens (tertiary/aromatic N) is 2. The van der Waals surface area contributed by atoms with Gasteiger partial charge in [0.25, 0.3) is 0 Å². The highest BCUT2D eigenvalue weighted by molar-refractivity contribution is 5.99. The lowest BCUT2D eigenvalue weighted by Crippen LogP contribution is -1.92. The van der Waals surface area contributed by atoms with E-state index in [4.69, 9.17) is 9.47 Å². The Morgan fingerprint density at radius 1 is 1.17 bits per heavy atom. The van der Waals surface area contributed by atoms with Crippen LogP contribution < -0.4 is 9.47 Å². The molecule has 0 unspecified atom stereocenters. The van der Waals surface area contributed by atoms with Crippen molar-refractivity contribution in [2.75, 3.05) is 6.79 Å². The van der Waals surface area contributed by atoms with Crippen LogP contribution in [-0.4, -0.2) is 11.4 Å². The minimum absolute atomic E-state index is 0.229. The quantitative estimate of drug-likeness (QED) is 0.663. The number of hydrogen-bond donors (Lipinski definition) is 0. The van der Waals surface area contributed by atoms with Gasteiger partial charge in [-0.3, -0.25) is 0 Å². The van der Waals surface area contributed by atoms with E-state index in [9.17, 15) is 5.26 Å². The Morgan fingerprint density at radius 3 is 2.79 bits per heavy atom. The molecule has 0 amide bonds. The minimum atomic E-state index is 0.229. The lowest BCUT2D eigenvalue weighted by molar-refractivity contribution is 0.174. The standard InChI is InChI=1S/C20H16N2O2/c1-13-17(16-5-3-4-6-18(16)22(13)2)9-15(11-21)14-7-8-19-20(10-14)24-12-23-19/h3-10H,12H2,1-2H3/b15-9-. The normalized spacial score (nSPS) is 13.3. The molecule has 24 heavy (non-hydrogen) atoms. The van der Waals surface area contributed by atoms with E-state index in [1.165, 1.54) is 0 Å². The zero-order valence-electron chi connectivity index (χ0n) is 13.5. The molecular weight excluding hydrogens is 300 g/mol. The number of hydrogen-bond acceptors (Lipinski definition) is 3. The molecule has 4 nitrogen and oxygen atoms in total. The van der Waals surface area contributed by atoms with Crippen LogP contribution in [0.2, 0.25) is 0 Å². The SMILES string of the molecule is Cc1c(/C=C(/C#N)c2ccc3c(c2)OCO3)c2ccccc2n1C. The van der Waals surface area contributed by atoms with Gasteiger partial charge in [0.15, 0.2) is 11.5 Å². The molecule has 0 radical (unpaired) electrons. The van der Waals surface area contributed by atoms with Crippen molar-refractivity contribution in [2.45, 2.75) is 6.92 Å². The molecular formula is C20H16N2O2. The summed E-state index contributed by atoms with van der Waals surface area (Å²) >= 11 is 0. The van der Waals surface area contributed by atoms with Gasteiger partial charge in [-0.2, -0.15) is 5.26 Å². The van der Waals surface area contributed by atoms with Gasteiger partial charge in [0, 0.05) is 29.2 Å². The lowest BCUT2D eigenvalue weighted by atomic mass is 10.0. The van der Waals surface area contributed by atoms with Crippen LogP contribution in [0, 0.1) is 18.3 Å². The third kappa shape index (κ3) is 2.14. The van der Waals surface area contributed by atoms with Gasteiger partial charge < -0.3 is 14.0 Å². The van der Waals surface area contributed by atoms with Crippen molar-refractivity contribution in [1.29, 1.82) is 5.26 Å². The Balaban J connectivity index is 1.88. The minimum Gasteiger partial charge on any atom is -0.454 e. The van der Waals surface area contributed by atoms with Crippen molar-refractivity contribution in [1.82, 2.24) is 4.57 Å². The van der Waals surface area contributed by atoms with E-state index < -0.39 is 0 Å². The molecule has 1 aromatic heterocycles. The molecule has 2 aromatic carbocycles. The number of allylic oxidation sites excluding steroid dienone is 1. The lowest BCUT2D eigenvalue weighted by Gasteiger charge is -2.03. The van der Waals surface area contributed by atoms with E-state index in [1.807, 2.05) is 43.5 Å². The molecule has 2 heterocycles. The fraction of sp³-hybridized carbons (Fsp3) is 0.150. The van der Waals surface area contributed by atoms with E-state index in [0.717, 1.165) is 33.5 Å². The largest absolute Gasteiger partial charge is 0.454 e. The second-order valence-corrected chi connectivity index (χ2v) is 5.81. The molecule has 0 aliphatic carbocycles. The highest BCUT2D eigenvalue weighted by atomic mass is 16.7. The highest BCUT2D eigenvalue weighted by Crippen LogP contribution is 2.35. The molecule has 118 valence electrons. The molecule has 4 rings (SSSR count). The number of ether oxygens (including phenoxy) is 2. The summed E-state index contributed by atoms with van der Waals surface area (Å²) in [6, 6.07) is 16.1. The Bertz CT molecular complexity index is 1020. The Kier molecular flexibility index (Phi) is 3.28. The van der Waals surface area contributed by atoms with Crippen LogP contribution in [0.3, 0.4) is 0 Å². The molecule has 0 fully saturated rings. The maximum Gasteiger partial charge on any atom is 0.231 e. The molecule has 1 aliphatic heterocycles. The molecule has 0 atom stereocenters. The first-order valence-electron chi connectivity index (χ1n) is 7.75. The van der Waals surface area contributed by atoms with Gasteiger partial charge in [0.05, 0.1) is 11.6 Å². The molecule has 4 heteroatoms. The van der Waals surface area contributed by atoms with E-state index in [0.29, 0.717) is 11.3 Å². The van der Waals surface area contributed by atoms with Gasteiger partial charge in [-0.1, -0.05) is 18.2 Å². The number of para-hydroxylation sites is 1. The average Bonchev–Trinajstić information content (AvgIpc) is 3.17. The van der Waals surface area contributed by atoms with Crippen LogP contribution in [0.15, 0.2) is 42.5 Å². The van der Waals surface area contributed by atoms with Gasteiger partial charge in [-0.05, 0) is 42.8 Å².